The summed E-state index contributed by atoms with van der Waals surface area (Å²) in [6.07, 6.45) is 1.14. The van der Waals surface area contributed by atoms with Gasteiger partial charge >= 0.3 is 5.97 Å². The first-order chi connectivity index (χ1) is 9.75. The fraction of sp³-hybridized carbons (Fsp3) is 0.300. The molecule has 0 atom stereocenters. The van der Waals surface area contributed by atoms with Crippen LogP contribution in [0.5, 0.6) is 0 Å². The summed E-state index contributed by atoms with van der Waals surface area (Å²) in [7, 11) is -4.21. The number of carbonyl (C=O) groups excluding carboxylic acids is 1. The van der Waals surface area contributed by atoms with Gasteiger partial charge in [-0.2, -0.15) is 0 Å². The molecule has 0 radical (unpaired) electrons. The Balaban J connectivity index is 2.65. The highest BCUT2D eigenvalue weighted by molar-refractivity contribution is 7.89. The largest absolute Gasteiger partial charge is 0.461 e. The Hall–Kier alpha value is -1.49. The molecular weight excluding hydrogens is 340 g/mol. The van der Waals surface area contributed by atoms with Gasteiger partial charge < -0.3 is 4.74 Å². The summed E-state index contributed by atoms with van der Waals surface area (Å²) in [6.45, 7) is 3.34. The summed E-state index contributed by atoms with van der Waals surface area (Å²) in [5.41, 5.74) is 0.145. The summed E-state index contributed by atoms with van der Waals surface area (Å²) in [5, 5.41) is 4.93. The van der Waals surface area contributed by atoms with Gasteiger partial charge in [-0.15, -0.1) is 0 Å². The van der Waals surface area contributed by atoms with Crippen molar-refractivity contribution >= 4 is 38.9 Å². The van der Waals surface area contributed by atoms with E-state index < -0.39 is 21.0 Å². The van der Waals surface area contributed by atoms with Crippen LogP contribution in [-0.2, 0) is 14.8 Å². The van der Waals surface area contributed by atoms with E-state index in [-0.39, 0.29) is 17.4 Å². The van der Waals surface area contributed by atoms with E-state index in [0.717, 1.165) is 22.2 Å². The van der Waals surface area contributed by atoms with E-state index in [1.165, 1.54) is 0 Å². The van der Waals surface area contributed by atoms with Crippen molar-refractivity contribution in [3.05, 3.63) is 22.1 Å². The van der Waals surface area contributed by atoms with Gasteiger partial charge in [0.25, 0.3) is 10.0 Å². The van der Waals surface area contributed by atoms with Gasteiger partial charge in [0.15, 0.2) is 15.9 Å². The molecule has 2 aromatic rings. The van der Waals surface area contributed by atoms with Crippen molar-refractivity contribution in [1.82, 2.24) is 14.5 Å². The molecule has 2 aromatic heterocycles. The van der Waals surface area contributed by atoms with E-state index in [0.29, 0.717) is 10.0 Å². The molecule has 2 rings (SSSR count). The van der Waals surface area contributed by atoms with Crippen molar-refractivity contribution < 1.29 is 17.9 Å². The van der Waals surface area contributed by atoms with Crippen molar-refractivity contribution in [2.45, 2.75) is 18.9 Å². The Kier molecular flexibility index (Phi) is 4.33. The molecule has 21 heavy (non-hydrogen) atoms. The molecule has 0 unspecified atom stereocenters. The van der Waals surface area contributed by atoms with E-state index in [1.807, 2.05) is 0 Å². The van der Waals surface area contributed by atoms with Crippen LogP contribution in [0, 0.1) is 6.92 Å². The molecule has 8 nitrogen and oxygen atoms in total. The summed E-state index contributed by atoms with van der Waals surface area (Å²) in [4.78, 5) is 19.6. The van der Waals surface area contributed by atoms with Crippen molar-refractivity contribution in [3.63, 3.8) is 0 Å². The molecule has 0 saturated heterocycles. The van der Waals surface area contributed by atoms with E-state index in [1.54, 1.807) is 13.8 Å². The van der Waals surface area contributed by atoms with Crippen molar-refractivity contribution in [1.29, 1.82) is 0 Å². The third-order valence-electron chi connectivity index (χ3n) is 2.40. The number of aryl methyl sites for hydroxylation is 1. The second-order valence-electron chi connectivity index (χ2n) is 3.89. The van der Waals surface area contributed by atoms with E-state index in [9.17, 15) is 13.2 Å². The molecule has 0 aliphatic rings. The lowest BCUT2D eigenvalue weighted by Crippen LogP contribution is -2.20. The topological polar surface area (TPSA) is 117 Å². The first kappa shape index (κ1) is 15.9. The first-order valence-electron chi connectivity index (χ1n) is 5.66. The molecule has 0 aliphatic heterocycles. The van der Waals surface area contributed by atoms with Crippen molar-refractivity contribution in [2.24, 2.45) is 5.14 Å². The minimum Gasteiger partial charge on any atom is -0.461 e. The smallest absolute Gasteiger partial charge is 0.360 e. The van der Waals surface area contributed by atoms with Crippen molar-refractivity contribution in [2.75, 3.05) is 6.61 Å². The highest BCUT2D eigenvalue weighted by Crippen LogP contribution is 2.29. The maximum Gasteiger partial charge on any atom is 0.360 e. The minimum atomic E-state index is -4.21. The van der Waals surface area contributed by atoms with Crippen LogP contribution in [0.2, 0.25) is 4.34 Å². The molecule has 11 heteroatoms. The number of carbonyl (C=O) groups is 1. The quantitative estimate of drug-likeness (QED) is 0.825. The number of hydrogen-bond acceptors (Lipinski definition) is 7. The van der Waals surface area contributed by atoms with Crippen LogP contribution in [0.15, 0.2) is 11.4 Å². The molecular formula is C10H11ClN4O4S2. The molecule has 2 heterocycles. The van der Waals surface area contributed by atoms with Gasteiger partial charge in [-0.1, -0.05) is 22.9 Å². The molecule has 0 aliphatic carbocycles. The zero-order valence-corrected chi connectivity index (χ0v) is 13.4. The summed E-state index contributed by atoms with van der Waals surface area (Å²) in [5.74, 6) is -0.875. The number of rotatable bonds is 4. The second kappa shape index (κ2) is 5.72. The van der Waals surface area contributed by atoms with Crippen molar-refractivity contribution in [3.8, 4) is 5.13 Å². The van der Waals surface area contributed by atoms with Crippen LogP contribution in [0.4, 0.5) is 0 Å². The Morgan fingerprint density at radius 2 is 2.24 bits per heavy atom. The molecule has 0 aromatic carbocycles. The normalized spacial score (nSPS) is 11.6. The van der Waals surface area contributed by atoms with E-state index >= 15 is 0 Å². The number of thiazole rings is 1. The number of imidazole rings is 1. The predicted octanol–water partition coefficient (Wildman–Crippen LogP) is 1.11. The number of nitrogens with zero attached hydrogens (tertiary/aromatic N) is 3. The summed E-state index contributed by atoms with van der Waals surface area (Å²) in [6, 6.07) is 0. The zero-order valence-electron chi connectivity index (χ0n) is 11.0. The van der Waals surface area contributed by atoms with Gasteiger partial charge in [0.2, 0.25) is 0 Å². The summed E-state index contributed by atoms with van der Waals surface area (Å²) >= 11 is 6.96. The molecule has 0 saturated carbocycles. The average Bonchev–Trinajstić information content (AvgIpc) is 2.94. The van der Waals surface area contributed by atoms with Crippen LogP contribution in [-0.4, -0.2) is 35.5 Å². The Labute approximate surface area is 129 Å². The number of esters is 1. The highest BCUT2D eigenvalue weighted by Gasteiger charge is 2.29. The monoisotopic (exact) mass is 350 g/mol. The maximum atomic E-state index is 11.8. The van der Waals surface area contributed by atoms with Crippen LogP contribution >= 0.6 is 22.9 Å². The van der Waals surface area contributed by atoms with Crippen LogP contribution in [0.3, 0.4) is 0 Å². The Morgan fingerprint density at radius 1 is 1.57 bits per heavy atom. The lowest BCUT2D eigenvalue weighted by molar-refractivity contribution is 0.0515. The standard InChI is InChI=1S/C10H11ClN4O4S2/c1-3-19-9(16)6-8(21(12,17)18)15(4-13-6)10-14-5(2)7(11)20-10/h4H,3H2,1-2H3,(H2,12,17,18). The lowest BCUT2D eigenvalue weighted by atomic mass is 10.5. The number of ether oxygens (including phenoxy) is 1. The molecule has 0 amide bonds. The number of hydrogen-bond donors (Lipinski definition) is 1. The number of aromatic nitrogens is 3. The van der Waals surface area contributed by atoms with Gasteiger partial charge in [-0.05, 0) is 13.8 Å². The zero-order chi connectivity index (χ0) is 15.8. The summed E-state index contributed by atoms with van der Waals surface area (Å²) < 4.78 is 29.8. The third-order valence-corrected chi connectivity index (χ3v) is 4.78. The molecule has 114 valence electrons. The van der Waals surface area contributed by atoms with Crippen LogP contribution in [0.1, 0.15) is 23.1 Å². The van der Waals surface area contributed by atoms with Gasteiger partial charge in [-0.3, -0.25) is 4.57 Å². The number of nitrogens with two attached hydrogens (primary N) is 1. The van der Waals surface area contributed by atoms with Gasteiger partial charge in [0.1, 0.15) is 10.7 Å². The second-order valence-corrected chi connectivity index (χ2v) is 6.95. The Bertz CT molecular complexity index is 777. The van der Waals surface area contributed by atoms with Gasteiger partial charge in [0.05, 0.1) is 12.3 Å². The van der Waals surface area contributed by atoms with E-state index in [4.69, 9.17) is 21.5 Å². The Morgan fingerprint density at radius 3 is 2.71 bits per heavy atom. The third kappa shape index (κ3) is 3.07. The number of primary sulfonamides is 1. The average molecular weight is 351 g/mol. The van der Waals surface area contributed by atoms with Crippen LogP contribution in [0.25, 0.3) is 5.13 Å². The number of halogens is 1. The molecule has 0 spiro atoms. The lowest BCUT2D eigenvalue weighted by Gasteiger charge is -2.04. The molecule has 0 fully saturated rings. The fourth-order valence-electron chi connectivity index (χ4n) is 1.55. The van der Waals surface area contributed by atoms with Gasteiger partial charge in [0, 0.05) is 0 Å². The highest BCUT2D eigenvalue weighted by atomic mass is 35.5. The maximum absolute atomic E-state index is 11.8. The van der Waals surface area contributed by atoms with E-state index in [2.05, 4.69) is 9.97 Å². The first-order valence-corrected chi connectivity index (χ1v) is 8.40. The minimum absolute atomic E-state index is 0.0813. The van der Waals surface area contributed by atoms with Crippen LogP contribution < -0.4 is 5.14 Å². The fourth-order valence-corrected chi connectivity index (χ4v) is 3.45. The SMILES string of the molecule is CCOC(=O)c1ncn(-c2nc(C)c(Cl)s2)c1S(N)(=O)=O. The molecule has 2 N–H and O–H groups in total. The number of sulfonamides is 1. The van der Waals surface area contributed by atoms with Gasteiger partial charge in [-0.25, -0.2) is 28.3 Å². The molecule has 0 bridgehead atoms. The predicted molar refractivity (Wildman–Crippen MR) is 76.3 cm³/mol.